The smallest absolute Gasteiger partial charge is 0.251 e. The molecule has 1 aromatic heterocycles. The van der Waals surface area contributed by atoms with E-state index in [1.54, 1.807) is 16.8 Å². The first kappa shape index (κ1) is 19.0. The Morgan fingerprint density at radius 1 is 1.19 bits per heavy atom. The average Bonchev–Trinajstić information content (AvgIpc) is 2.98. The van der Waals surface area contributed by atoms with E-state index in [9.17, 15) is 4.79 Å². The Morgan fingerprint density at radius 3 is 2.56 bits per heavy atom. The monoisotopic (exact) mass is 383 g/mol. The van der Waals surface area contributed by atoms with E-state index in [-0.39, 0.29) is 5.91 Å². The number of aromatic nitrogens is 2. The Hall–Kier alpha value is -2.79. The zero-order chi connectivity index (χ0) is 19.4. The minimum atomic E-state index is -0.112. The summed E-state index contributed by atoms with van der Waals surface area (Å²) in [5.41, 5.74) is 4.51. The molecule has 1 amide bonds. The predicted molar refractivity (Wildman–Crippen MR) is 106 cm³/mol. The highest BCUT2D eigenvalue weighted by molar-refractivity contribution is 6.31. The van der Waals surface area contributed by atoms with E-state index in [2.05, 4.69) is 10.4 Å². The number of amides is 1. The lowest BCUT2D eigenvalue weighted by Crippen LogP contribution is -2.22. The van der Waals surface area contributed by atoms with Crippen molar-refractivity contribution in [3.05, 3.63) is 81.6 Å². The predicted octanol–water partition coefficient (Wildman–Crippen LogP) is 4.20. The summed E-state index contributed by atoms with van der Waals surface area (Å²) in [6.07, 6.45) is 1.91. The molecular formula is C21H22ClN3O2. The number of hydrogen-bond acceptors (Lipinski definition) is 3. The van der Waals surface area contributed by atoms with Crippen molar-refractivity contribution in [3.8, 4) is 5.75 Å². The Kier molecular flexibility index (Phi) is 5.81. The number of nitrogens with one attached hydrogen (secondary N) is 1. The molecule has 0 atom stereocenters. The molecule has 1 N–H and O–H groups in total. The number of benzene rings is 2. The van der Waals surface area contributed by atoms with Crippen molar-refractivity contribution in [1.29, 1.82) is 0 Å². The number of halogens is 1. The topological polar surface area (TPSA) is 56.1 Å². The summed E-state index contributed by atoms with van der Waals surface area (Å²) < 4.78 is 7.52. The molecule has 0 aliphatic rings. The molecule has 3 aromatic rings. The van der Waals surface area contributed by atoms with E-state index in [0.29, 0.717) is 18.7 Å². The number of hydrogen-bond donors (Lipinski definition) is 1. The first-order valence-corrected chi connectivity index (χ1v) is 9.05. The second kappa shape index (κ2) is 8.27. The van der Waals surface area contributed by atoms with Gasteiger partial charge in [0.1, 0.15) is 12.4 Å². The van der Waals surface area contributed by atoms with Crippen molar-refractivity contribution in [1.82, 2.24) is 15.1 Å². The number of ether oxygens (including phenoxy) is 1. The van der Waals surface area contributed by atoms with Gasteiger partial charge in [-0.15, -0.1) is 0 Å². The molecule has 0 saturated carbocycles. The van der Waals surface area contributed by atoms with E-state index >= 15 is 0 Å². The first-order chi connectivity index (χ1) is 12.9. The van der Waals surface area contributed by atoms with E-state index in [4.69, 9.17) is 16.3 Å². The molecule has 5 nitrogen and oxygen atoms in total. The van der Waals surface area contributed by atoms with Crippen molar-refractivity contribution in [2.45, 2.75) is 27.0 Å². The van der Waals surface area contributed by atoms with Crippen molar-refractivity contribution in [2.24, 2.45) is 7.05 Å². The van der Waals surface area contributed by atoms with Gasteiger partial charge in [0.15, 0.2) is 0 Å². The Morgan fingerprint density at radius 2 is 1.93 bits per heavy atom. The minimum Gasteiger partial charge on any atom is -0.489 e. The normalized spacial score (nSPS) is 10.7. The van der Waals surface area contributed by atoms with Gasteiger partial charge in [-0.2, -0.15) is 5.10 Å². The maximum Gasteiger partial charge on any atom is 0.251 e. The van der Waals surface area contributed by atoms with Crippen LogP contribution in [0.3, 0.4) is 0 Å². The molecule has 0 unspecified atom stereocenters. The van der Waals surface area contributed by atoms with Gasteiger partial charge in [0.25, 0.3) is 5.91 Å². The highest BCUT2D eigenvalue weighted by Crippen LogP contribution is 2.22. The Labute approximate surface area is 163 Å². The zero-order valence-electron chi connectivity index (χ0n) is 15.6. The fourth-order valence-electron chi connectivity index (χ4n) is 2.73. The molecule has 0 aliphatic carbocycles. The van der Waals surface area contributed by atoms with E-state index in [1.165, 1.54) is 0 Å². The summed E-state index contributed by atoms with van der Waals surface area (Å²) in [5, 5.41) is 7.92. The highest BCUT2D eigenvalue weighted by atomic mass is 35.5. The van der Waals surface area contributed by atoms with E-state index in [1.807, 2.05) is 57.4 Å². The first-order valence-electron chi connectivity index (χ1n) is 8.67. The van der Waals surface area contributed by atoms with Gasteiger partial charge in [-0.05, 0) is 55.3 Å². The summed E-state index contributed by atoms with van der Waals surface area (Å²) in [6, 6.07) is 13.0. The molecule has 1 heterocycles. The van der Waals surface area contributed by atoms with Crippen molar-refractivity contribution < 1.29 is 9.53 Å². The summed E-state index contributed by atoms with van der Waals surface area (Å²) in [6.45, 7) is 4.76. The van der Waals surface area contributed by atoms with Crippen LogP contribution in [0.2, 0.25) is 5.02 Å². The van der Waals surface area contributed by atoms with Crippen LogP contribution in [0.15, 0.2) is 48.7 Å². The summed E-state index contributed by atoms with van der Waals surface area (Å²) in [4.78, 5) is 12.3. The molecule has 2 aromatic carbocycles. The largest absolute Gasteiger partial charge is 0.489 e. The SMILES string of the molecule is Cc1cc(OCc2ccc(C(=O)NCc3cn(C)nc3C)cc2)ccc1Cl. The second-order valence-electron chi connectivity index (χ2n) is 6.49. The van der Waals surface area contributed by atoms with Crippen LogP contribution >= 0.6 is 11.6 Å². The van der Waals surface area contributed by atoms with Crippen molar-refractivity contribution in [3.63, 3.8) is 0 Å². The lowest BCUT2D eigenvalue weighted by atomic mass is 10.1. The van der Waals surface area contributed by atoms with Gasteiger partial charge in [-0.25, -0.2) is 0 Å². The Bertz CT molecular complexity index is 949. The number of aryl methyl sites for hydroxylation is 3. The number of nitrogens with zero attached hydrogens (tertiary/aromatic N) is 2. The third kappa shape index (κ3) is 4.89. The van der Waals surface area contributed by atoms with Gasteiger partial charge in [0, 0.05) is 35.9 Å². The number of rotatable bonds is 6. The average molecular weight is 384 g/mol. The third-order valence-electron chi connectivity index (χ3n) is 4.31. The van der Waals surface area contributed by atoms with Crippen LogP contribution < -0.4 is 10.1 Å². The molecule has 0 fully saturated rings. The molecule has 0 spiro atoms. The van der Waals surface area contributed by atoms with E-state index in [0.717, 1.165) is 33.2 Å². The van der Waals surface area contributed by atoms with Gasteiger partial charge in [0.2, 0.25) is 0 Å². The van der Waals surface area contributed by atoms with Gasteiger partial charge < -0.3 is 10.1 Å². The summed E-state index contributed by atoms with van der Waals surface area (Å²) >= 11 is 6.02. The summed E-state index contributed by atoms with van der Waals surface area (Å²) in [7, 11) is 1.87. The standard InChI is InChI=1S/C21H22ClN3O2/c1-14-10-19(8-9-20(14)22)27-13-16-4-6-17(7-5-16)21(26)23-11-18-12-25(3)24-15(18)2/h4-10,12H,11,13H2,1-3H3,(H,23,26). The maximum atomic E-state index is 12.3. The lowest BCUT2D eigenvalue weighted by Gasteiger charge is -2.09. The van der Waals surface area contributed by atoms with Crippen LogP contribution in [0.4, 0.5) is 0 Å². The van der Waals surface area contributed by atoms with Crippen LogP contribution in [0.1, 0.15) is 32.7 Å². The molecule has 140 valence electrons. The maximum absolute atomic E-state index is 12.3. The van der Waals surface area contributed by atoms with Crippen molar-refractivity contribution >= 4 is 17.5 Å². The van der Waals surface area contributed by atoms with E-state index < -0.39 is 0 Å². The fourth-order valence-corrected chi connectivity index (χ4v) is 2.84. The number of carbonyl (C=O) groups excluding carboxylic acids is 1. The van der Waals surface area contributed by atoms with Gasteiger partial charge in [-0.3, -0.25) is 9.48 Å². The van der Waals surface area contributed by atoms with Gasteiger partial charge in [-0.1, -0.05) is 23.7 Å². The van der Waals surface area contributed by atoms with Crippen molar-refractivity contribution in [2.75, 3.05) is 0 Å². The van der Waals surface area contributed by atoms with Crippen LogP contribution in [0.5, 0.6) is 5.75 Å². The molecular weight excluding hydrogens is 362 g/mol. The molecule has 0 radical (unpaired) electrons. The molecule has 6 heteroatoms. The number of carbonyl (C=O) groups is 1. The molecule has 0 aliphatic heterocycles. The van der Waals surface area contributed by atoms with Crippen LogP contribution in [0.25, 0.3) is 0 Å². The molecule has 0 saturated heterocycles. The van der Waals surface area contributed by atoms with Crippen LogP contribution in [-0.4, -0.2) is 15.7 Å². The fraction of sp³-hybridized carbons (Fsp3) is 0.238. The quantitative estimate of drug-likeness (QED) is 0.694. The Balaban J connectivity index is 1.55. The molecule has 27 heavy (non-hydrogen) atoms. The van der Waals surface area contributed by atoms with Gasteiger partial charge in [0.05, 0.1) is 5.69 Å². The minimum absolute atomic E-state index is 0.112. The summed E-state index contributed by atoms with van der Waals surface area (Å²) in [5.74, 6) is 0.657. The van der Waals surface area contributed by atoms with Crippen LogP contribution in [0, 0.1) is 13.8 Å². The van der Waals surface area contributed by atoms with Gasteiger partial charge >= 0.3 is 0 Å². The molecule has 0 bridgehead atoms. The third-order valence-corrected chi connectivity index (χ3v) is 4.73. The van der Waals surface area contributed by atoms with Crippen LogP contribution in [-0.2, 0) is 20.2 Å². The zero-order valence-corrected chi connectivity index (χ0v) is 16.4. The lowest BCUT2D eigenvalue weighted by molar-refractivity contribution is 0.0951. The molecule has 3 rings (SSSR count). The second-order valence-corrected chi connectivity index (χ2v) is 6.90. The highest BCUT2D eigenvalue weighted by Gasteiger charge is 2.08.